The Morgan fingerprint density at radius 1 is 1.40 bits per heavy atom. The fourth-order valence-corrected chi connectivity index (χ4v) is 1.30. The standard InChI is InChI=1S/C10H17N3O2/c1-10(15,5-14)9(13)7-4-6(11)2-3-8(7)12/h2-4,9,14-15H,5,11-13H2,1H3. The van der Waals surface area contributed by atoms with E-state index >= 15 is 0 Å². The molecule has 0 aliphatic heterocycles. The molecule has 0 radical (unpaired) electrons. The number of nitrogens with two attached hydrogens (primary N) is 3. The number of hydrogen-bond donors (Lipinski definition) is 5. The van der Waals surface area contributed by atoms with Gasteiger partial charge in [0.1, 0.15) is 5.60 Å². The lowest BCUT2D eigenvalue weighted by Gasteiger charge is -2.29. The summed E-state index contributed by atoms with van der Waals surface area (Å²) in [6.45, 7) is 1.00. The highest BCUT2D eigenvalue weighted by Gasteiger charge is 2.30. The highest BCUT2D eigenvalue weighted by atomic mass is 16.3. The van der Waals surface area contributed by atoms with Gasteiger partial charge in [-0.2, -0.15) is 0 Å². The van der Waals surface area contributed by atoms with Crippen molar-refractivity contribution >= 4 is 11.4 Å². The molecule has 0 spiro atoms. The summed E-state index contributed by atoms with van der Waals surface area (Å²) in [5.74, 6) is 0. The minimum atomic E-state index is -1.41. The predicted molar refractivity (Wildman–Crippen MR) is 59.9 cm³/mol. The van der Waals surface area contributed by atoms with Gasteiger partial charge in [-0.3, -0.25) is 0 Å². The van der Waals surface area contributed by atoms with Crippen LogP contribution >= 0.6 is 0 Å². The van der Waals surface area contributed by atoms with Crippen molar-refractivity contribution in [1.29, 1.82) is 0 Å². The molecule has 0 saturated carbocycles. The molecule has 0 aliphatic rings. The van der Waals surface area contributed by atoms with Crippen molar-refractivity contribution in [2.24, 2.45) is 5.73 Å². The molecule has 0 aromatic heterocycles. The van der Waals surface area contributed by atoms with Crippen LogP contribution < -0.4 is 17.2 Å². The average molecular weight is 211 g/mol. The van der Waals surface area contributed by atoms with Crippen LogP contribution in [0.1, 0.15) is 18.5 Å². The smallest absolute Gasteiger partial charge is 0.104 e. The number of aliphatic hydroxyl groups excluding tert-OH is 1. The molecule has 0 fully saturated rings. The number of anilines is 2. The summed E-state index contributed by atoms with van der Waals surface area (Å²) in [5, 5.41) is 18.8. The molecule has 8 N–H and O–H groups in total. The lowest BCUT2D eigenvalue weighted by Crippen LogP contribution is -2.41. The van der Waals surface area contributed by atoms with E-state index < -0.39 is 18.2 Å². The molecule has 2 unspecified atom stereocenters. The highest BCUT2D eigenvalue weighted by molar-refractivity contribution is 5.56. The number of hydrogen-bond acceptors (Lipinski definition) is 5. The molecule has 0 heterocycles. The van der Waals surface area contributed by atoms with Crippen molar-refractivity contribution in [2.75, 3.05) is 18.1 Å². The summed E-state index contributed by atoms with van der Waals surface area (Å²) in [6.07, 6.45) is 0. The third-order valence-corrected chi connectivity index (χ3v) is 2.44. The number of nitrogen functional groups attached to an aromatic ring is 2. The molecule has 5 nitrogen and oxygen atoms in total. The van der Waals surface area contributed by atoms with E-state index in [0.29, 0.717) is 16.9 Å². The molecule has 84 valence electrons. The maximum atomic E-state index is 9.79. The fourth-order valence-electron chi connectivity index (χ4n) is 1.30. The zero-order chi connectivity index (χ0) is 11.6. The zero-order valence-corrected chi connectivity index (χ0v) is 8.64. The number of benzene rings is 1. The molecule has 1 aromatic carbocycles. The summed E-state index contributed by atoms with van der Waals surface area (Å²) >= 11 is 0. The topological polar surface area (TPSA) is 119 Å². The second-order valence-corrected chi connectivity index (χ2v) is 3.88. The van der Waals surface area contributed by atoms with Crippen LogP contribution in [0.2, 0.25) is 0 Å². The SMILES string of the molecule is CC(O)(CO)C(N)c1cc(N)ccc1N. The largest absolute Gasteiger partial charge is 0.399 e. The highest BCUT2D eigenvalue weighted by Crippen LogP contribution is 2.28. The van der Waals surface area contributed by atoms with E-state index in [0.717, 1.165) is 0 Å². The van der Waals surface area contributed by atoms with Crippen LogP contribution in [0, 0.1) is 0 Å². The van der Waals surface area contributed by atoms with Gasteiger partial charge in [0.15, 0.2) is 0 Å². The summed E-state index contributed by atoms with van der Waals surface area (Å²) in [6, 6.07) is 4.10. The Hall–Kier alpha value is -1.30. The molecule has 0 aliphatic carbocycles. The van der Waals surface area contributed by atoms with E-state index in [-0.39, 0.29) is 0 Å². The van der Waals surface area contributed by atoms with Gasteiger partial charge >= 0.3 is 0 Å². The summed E-state index contributed by atoms with van der Waals surface area (Å²) in [7, 11) is 0. The lowest BCUT2D eigenvalue weighted by molar-refractivity contribution is -0.0198. The van der Waals surface area contributed by atoms with Gasteiger partial charge in [0.2, 0.25) is 0 Å². The van der Waals surface area contributed by atoms with Gasteiger partial charge in [0, 0.05) is 11.4 Å². The quantitative estimate of drug-likeness (QED) is 0.436. The summed E-state index contributed by atoms with van der Waals surface area (Å²) in [4.78, 5) is 0. The van der Waals surface area contributed by atoms with Gasteiger partial charge in [-0.15, -0.1) is 0 Å². The Labute approximate surface area is 88.5 Å². The molecule has 2 atom stereocenters. The Morgan fingerprint density at radius 3 is 2.53 bits per heavy atom. The Kier molecular flexibility index (Phi) is 3.18. The lowest BCUT2D eigenvalue weighted by atomic mass is 9.90. The number of aliphatic hydroxyl groups is 2. The molecule has 5 heteroatoms. The van der Waals surface area contributed by atoms with Crippen LogP contribution in [0.25, 0.3) is 0 Å². The average Bonchev–Trinajstić information content (AvgIpc) is 2.20. The van der Waals surface area contributed by atoms with Gasteiger partial charge in [-0.25, -0.2) is 0 Å². The van der Waals surface area contributed by atoms with Crippen molar-refractivity contribution in [3.05, 3.63) is 23.8 Å². The zero-order valence-electron chi connectivity index (χ0n) is 8.64. The van der Waals surface area contributed by atoms with E-state index in [4.69, 9.17) is 22.3 Å². The minimum Gasteiger partial charge on any atom is -0.399 e. The first kappa shape index (κ1) is 11.8. The van der Waals surface area contributed by atoms with Crippen LogP contribution in [0.15, 0.2) is 18.2 Å². The third-order valence-electron chi connectivity index (χ3n) is 2.44. The fraction of sp³-hybridized carbons (Fsp3) is 0.400. The van der Waals surface area contributed by atoms with Gasteiger partial charge in [0.05, 0.1) is 12.6 Å². The normalized spacial score (nSPS) is 17.1. The van der Waals surface area contributed by atoms with Gasteiger partial charge < -0.3 is 27.4 Å². The predicted octanol–water partition coefficient (Wildman–Crippen LogP) is -0.406. The molecule has 0 amide bonds. The first-order chi connectivity index (χ1) is 6.88. The van der Waals surface area contributed by atoms with Crippen molar-refractivity contribution in [3.63, 3.8) is 0 Å². The Balaban J connectivity index is 3.10. The summed E-state index contributed by atoms with van der Waals surface area (Å²) < 4.78 is 0. The maximum absolute atomic E-state index is 9.79. The monoisotopic (exact) mass is 211 g/mol. The van der Waals surface area contributed by atoms with E-state index in [1.165, 1.54) is 6.92 Å². The van der Waals surface area contributed by atoms with Crippen molar-refractivity contribution in [3.8, 4) is 0 Å². The van der Waals surface area contributed by atoms with E-state index in [9.17, 15) is 5.11 Å². The van der Waals surface area contributed by atoms with Crippen LogP contribution in [0.3, 0.4) is 0 Å². The van der Waals surface area contributed by atoms with Crippen molar-refractivity contribution < 1.29 is 10.2 Å². The molecule has 0 bridgehead atoms. The second-order valence-electron chi connectivity index (χ2n) is 3.88. The Bertz CT molecular complexity index is 353. The molecule has 1 aromatic rings. The molecule has 1 rings (SSSR count). The third kappa shape index (κ3) is 2.38. The number of rotatable bonds is 3. The summed E-state index contributed by atoms with van der Waals surface area (Å²) in [5.41, 5.74) is 17.2. The van der Waals surface area contributed by atoms with Gasteiger partial charge in [-0.1, -0.05) is 0 Å². The minimum absolute atomic E-state index is 0.442. The van der Waals surface area contributed by atoms with Crippen molar-refractivity contribution in [2.45, 2.75) is 18.6 Å². The molecule has 15 heavy (non-hydrogen) atoms. The van der Waals surface area contributed by atoms with E-state index in [1.54, 1.807) is 18.2 Å². The Morgan fingerprint density at radius 2 is 2.00 bits per heavy atom. The second kappa shape index (κ2) is 4.06. The van der Waals surface area contributed by atoms with Crippen LogP contribution in [0.5, 0.6) is 0 Å². The molecular formula is C10H17N3O2. The van der Waals surface area contributed by atoms with Crippen LogP contribution in [0.4, 0.5) is 11.4 Å². The molecular weight excluding hydrogens is 194 g/mol. The van der Waals surface area contributed by atoms with E-state index in [1.807, 2.05) is 0 Å². The maximum Gasteiger partial charge on any atom is 0.104 e. The van der Waals surface area contributed by atoms with Crippen LogP contribution in [-0.2, 0) is 0 Å². The van der Waals surface area contributed by atoms with Crippen molar-refractivity contribution in [1.82, 2.24) is 0 Å². The van der Waals surface area contributed by atoms with Gasteiger partial charge in [0.25, 0.3) is 0 Å². The van der Waals surface area contributed by atoms with Crippen LogP contribution in [-0.4, -0.2) is 22.4 Å². The van der Waals surface area contributed by atoms with E-state index in [2.05, 4.69) is 0 Å². The first-order valence-electron chi connectivity index (χ1n) is 4.62. The van der Waals surface area contributed by atoms with Gasteiger partial charge in [-0.05, 0) is 30.7 Å². The first-order valence-corrected chi connectivity index (χ1v) is 4.62. The molecule has 0 saturated heterocycles.